The van der Waals surface area contributed by atoms with E-state index in [9.17, 15) is 9.90 Å². The van der Waals surface area contributed by atoms with E-state index in [1.54, 1.807) is 6.07 Å². The van der Waals surface area contributed by atoms with Crippen molar-refractivity contribution in [2.24, 2.45) is 0 Å². The molecule has 1 aromatic carbocycles. The number of nitrogens with one attached hydrogen (secondary N) is 1. The highest BCUT2D eigenvalue weighted by molar-refractivity contribution is 5.95. The Morgan fingerprint density at radius 2 is 2.00 bits per heavy atom. The molecule has 2 N–H and O–H groups in total. The fourth-order valence-corrected chi connectivity index (χ4v) is 2.75. The van der Waals surface area contributed by atoms with Gasteiger partial charge in [0.05, 0.1) is 11.8 Å². The number of amides is 1. The summed E-state index contributed by atoms with van der Waals surface area (Å²) in [5, 5.41) is 13.2. The van der Waals surface area contributed by atoms with Gasteiger partial charge in [-0.15, -0.1) is 0 Å². The number of anilines is 1. The second-order valence-electron chi connectivity index (χ2n) is 5.74. The fourth-order valence-electron chi connectivity index (χ4n) is 2.75. The first-order chi connectivity index (χ1) is 10.6. The summed E-state index contributed by atoms with van der Waals surface area (Å²) in [5.74, 6) is 0.505. The van der Waals surface area contributed by atoms with Crippen LogP contribution in [0.5, 0.6) is 5.75 Å². The van der Waals surface area contributed by atoms with Gasteiger partial charge in [0.1, 0.15) is 5.75 Å². The van der Waals surface area contributed by atoms with E-state index in [1.165, 1.54) is 0 Å². The van der Waals surface area contributed by atoms with Crippen LogP contribution in [0, 0.1) is 0 Å². The van der Waals surface area contributed by atoms with E-state index in [4.69, 9.17) is 4.74 Å². The average molecular weight is 306 g/mol. The second kappa shape index (κ2) is 8.15. The Hall–Kier alpha value is -1.59. The molecule has 0 aromatic heterocycles. The zero-order valence-corrected chi connectivity index (χ0v) is 13.5. The Kier molecular flexibility index (Phi) is 6.21. The maximum atomic E-state index is 11.4. The predicted octanol–water partition coefficient (Wildman–Crippen LogP) is 2.56. The Bertz CT molecular complexity index is 499. The molecule has 5 heteroatoms. The maximum Gasteiger partial charge on any atom is 0.262 e. The Morgan fingerprint density at radius 3 is 2.68 bits per heavy atom. The van der Waals surface area contributed by atoms with Crippen LogP contribution in [0.4, 0.5) is 5.69 Å². The van der Waals surface area contributed by atoms with Gasteiger partial charge < -0.3 is 20.1 Å². The van der Waals surface area contributed by atoms with E-state index in [1.807, 2.05) is 12.1 Å². The SMILES string of the molecule is CCCN(CCC)CCC(O)c1ccc2c(c1)NC(=O)CO2. The number of aliphatic hydroxyl groups is 1. The van der Waals surface area contributed by atoms with E-state index in [2.05, 4.69) is 24.1 Å². The van der Waals surface area contributed by atoms with Crippen LogP contribution in [0.25, 0.3) is 0 Å². The van der Waals surface area contributed by atoms with Gasteiger partial charge >= 0.3 is 0 Å². The normalized spacial score (nSPS) is 15.2. The minimum atomic E-state index is -0.527. The highest BCUT2D eigenvalue weighted by Crippen LogP contribution is 2.31. The van der Waals surface area contributed by atoms with Crippen molar-refractivity contribution in [2.75, 3.05) is 31.6 Å². The molecule has 1 aliphatic heterocycles. The van der Waals surface area contributed by atoms with Gasteiger partial charge in [0.25, 0.3) is 5.91 Å². The molecule has 0 spiro atoms. The summed E-state index contributed by atoms with van der Waals surface area (Å²) >= 11 is 0. The van der Waals surface area contributed by atoms with Gasteiger partial charge in [-0.3, -0.25) is 4.79 Å². The van der Waals surface area contributed by atoms with Gasteiger partial charge in [0, 0.05) is 6.54 Å². The molecule has 1 atom stereocenters. The molecule has 5 nitrogen and oxygen atoms in total. The Labute approximate surface area is 132 Å². The molecule has 0 saturated carbocycles. The maximum absolute atomic E-state index is 11.4. The summed E-state index contributed by atoms with van der Waals surface area (Å²) < 4.78 is 5.33. The Balaban J connectivity index is 1.96. The molecule has 22 heavy (non-hydrogen) atoms. The number of fused-ring (bicyclic) bond motifs is 1. The van der Waals surface area contributed by atoms with E-state index < -0.39 is 6.10 Å². The lowest BCUT2D eigenvalue weighted by atomic mass is 10.0. The van der Waals surface area contributed by atoms with Gasteiger partial charge in [-0.2, -0.15) is 0 Å². The first kappa shape index (κ1) is 16.8. The highest BCUT2D eigenvalue weighted by atomic mass is 16.5. The number of hydrogen-bond donors (Lipinski definition) is 2. The van der Waals surface area contributed by atoms with Gasteiger partial charge in [0.2, 0.25) is 0 Å². The smallest absolute Gasteiger partial charge is 0.262 e. The van der Waals surface area contributed by atoms with Crippen molar-refractivity contribution in [3.63, 3.8) is 0 Å². The predicted molar refractivity (Wildman–Crippen MR) is 87.2 cm³/mol. The lowest BCUT2D eigenvalue weighted by Gasteiger charge is -2.23. The molecule has 0 aliphatic carbocycles. The summed E-state index contributed by atoms with van der Waals surface area (Å²) in [4.78, 5) is 13.7. The summed E-state index contributed by atoms with van der Waals surface area (Å²) in [6.45, 7) is 7.40. The van der Waals surface area contributed by atoms with Crippen molar-refractivity contribution in [3.8, 4) is 5.75 Å². The molecular formula is C17H26N2O3. The van der Waals surface area contributed by atoms with E-state index in [-0.39, 0.29) is 12.5 Å². The molecule has 1 unspecified atom stereocenters. The molecule has 1 aliphatic rings. The highest BCUT2D eigenvalue weighted by Gasteiger charge is 2.18. The lowest BCUT2D eigenvalue weighted by Crippen LogP contribution is -2.28. The zero-order valence-electron chi connectivity index (χ0n) is 13.5. The van der Waals surface area contributed by atoms with E-state index >= 15 is 0 Å². The standard InChI is InChI=1S/C17H26N2O3/c1-3-8-19(9-4-2)10-7-15(20)13-5-6-16-14(11-13)18-17(21)12-22-16/h5-6,11,15,20H,3-4,7-10,12H2,1-2H3,(H,18,21). The third-order valence-corrected chi connectivity index (χ3v) is 3.82. The van der Waals surface area contributed by atoms with Crippen molar-refractivity contribution in [1.29, 1.82) is 0 Å². The van der Waals surface area contributed by atoms with Gasteiger partial charge in [0.15, 0.2) is 6.61 Å². The molecule has 122 valence electrons. The summed E-state index contributed by atoms with van der Waals surface area (Å²) in [6, 6.07) is 5.48. The monoisotopic (exact) mass is 306 g/mol. The minimum Gasteiger partial charge on any atom is -0.482 e. The molecule has 2 rings (SSSR count). The summed E-state index contributed by atoms with van der Waals surface area (Å²) in [6.07, 6.45) is 2.41. The van der Waals surface area contributed by atoms with Crippen LogP contribution >= 0.6 is 0 Å². The van der Waals surface area contributed by atoms with Gasteiger partial charge in [-0.25, -0.2) is 0 Å². The van der Waals surface area contributed by atoms with Crippen molar-refractivity contribution in [1.82, 2.24) is 4.90 Å². The van der Waals surface area contributed by atoms with Crippen molar-refractivity contribution in [2.45, 2.75) is 39.2 Å². The third kappa shape index (κ3) is 4.45. The molecule has 1 heterocycles. The first-order valence-corrected chi connectivity index (χ1v) is 8.11. The number of nitrogens with zero attached hydrogens (tertiary/aromatic N) is 1. The number of benzene rings is 1. The molecule has 0 radical (unpaired) electrons. The average Bonchev–Trinajstić information content (AvgIpc) is 2.52. The van der Waals surface area contributed by atoms with Crippen LogP contribution in [0.15, 0.2) is 18.2 Å². The quantitative estimate of drug-likeness (QED) is 0.775. The molecule has 1 aromatic rings. The number of aliphatic hydroxyl groups excluding tert-OH is 1. The molecule has 1 amide bonds. The van der Waals surface area contributed by atoms with Crippen LogP contribution in [-0.2, 0) is 4.79 Å². The largest absolute Gasteiger partial charge is 0.482 e. The van der Waals surface area contributed by atoms with Gasteiger partial charge in [-0.1, -0.05) is 19.9 Å². The van der Waals surface area contributed by atoms with Crippen LogP contribution in [0.3, 0.4) is 0 Å². The van der Waals surface area contributed by atoms with Crippen molar-refractivity contribution >= 4 is 11.6 Å². The summed E-state index contributed by atoms with van der Waals surface area (Å²) in [7, 11) is 0. The number of rotatable bonds is 8. The molecule has 0 fully saturated rings. The zero-order chi connectivity index (χ0) is 15.9. The van der Waals surface area contributed by atoms with E-state index in [0.717, 1.165) is 38.0 Å². The number of carbonyl (C=O) groups is 1. The second-order valence-corrected chi connectivity index (χ2v) is 5.74. The molecule has 0 bridgehead atoms. The molecular weight excluding hydrogens is 280 g/mol. The number of ether oxygens (including phenoxy) is 1. The number of carbonyl (C=O) groups excluding carboxylic acids is 1. The topological polar surface area (TPSA) is 61.8 Å². The minimum absolute atomic E-state index is 0.0535. The number of hydrogen-bond acceptors (Lipinski definition) is 4. The Morgan fingerprint density at radius 1 is 1.27 bits per heavy atom. The fraction of sp³-hybridized carbons (Fsp3) is 0.588. The third-order valence-electron chi connectivity index (χ3n) is 3.82. The lowest BCUT2D eigenvalue weighted by molar-refractivity contribution is -0.118. The van der Waals surface area contributed by atoms with Crippen molar-refractivity contribution < 1.29 is 14.6 Å². The van der Waals surface area contributed by atoms with Crippen LogP contribution in [-0.4, -0.2) is 42.2 Å². The molecule has 0 saturated heterocycles. The van der Waals surface area contributed by atoms with Crippen LogP contribution in [0.1, 0.15) is 44.8 Å². The first-order valence-electron chi connectivity index (χ1n) is 8.11. The van der Waals surface area contributed by atoms with Crippen LogP contribution in [0.2, 0.25) is 0 Å². The van der Waals surface area contributed by atoms with E-state index in [0.29, 0.717) is 17.9 Å². The summed E-state index contributed by atoms with van der Waals surface area (Å²) in [5.41, 5.74) is 1.46. The van der Waals surface area contributed by atoms with Crippen LogP contribution < -0.4 is 10.1 Å². The van der Waals surface area contributed by atoms with Crippen molar-refractivity contribution in [3.05, 3.63) is 23.8 Å². The van der Waals surface area contributed by atoms with Gasteiger partial charge in [-0.05, 0) is 50.0 Å².